The minimum absolute atomic E-state index is 0. The van der Waals surface area contributed by atoms with Crippen LogP contribution < -0.4 is 39.4 Å². The normalized spacial score (nSPS) is 13.0. The van der Waals surface area contributed by atoms with Crippen LogP contribution in [-0.4, -0.2) is 9.55 Å². The van der Waals surface area contributed by atoms with Gasteiger partial charge in [-0.25, -0.2) is 9.97 Å². The number of hydrogen-bond acceptors (Lipinski definition) is 2. The molecule has 0 fully saturated rings. The van der Waals surface area contributed by atoms with Crippen LogP contribution in [0.3, 0.4) is 0 Å². The minimum Gasteiger partial charge on any atom is -0.868 e. The summed E-state index contributed by atoms with van der Waals surface area (Å²) in [6.45, 7) is 0. The summed E-state index contributed by atoms with van der Waals surface area (Å²) < 4.78 is 44.6. The Bertz CT molecular complexity index is 6660. The zero-order chi connectivity index (χ0) is 70.8. The number of nitrogens with zero attached hydrogens (tertiary/aromatic N) is 2. The van der Waals surface area contributed by atoms with Crippen LogP contribution in [0.25, 0.3) is 177 Å². The molecular formula is C96H67LiN3O+. The number of rotatable bonds is 7. The summed E-state index contributed by atoms with van der Waals surface area (Å²) in [5.74, 6) is 1.04. The standard InChI is InChI=1S/C53H38N2.C34H22.C9H7NO.Li/c1-2-16-44(17-3-1)55-50-21-11-10-20-49(50)54-53(55)38-26-22-37(23-27-38)41-30-31-47-48(34-41)52(43-29-25-36-13-5-7-15-40(36)33-43)46-19-9-8-18-45(46)51(47)42-28-24-35-12-4-6-14-39(35)32-42;1-2-12-23(13-3-1)33-28-18-8-10-20-30(28)34(31-21-11-9-19-29(31)33)32-22-24-14-4-5-15-25(24)26-16-6-7-17-27(26)32;11-8-5-1-3-7-4-2-6-10-9(7)8;/h1-7,11-19,21-34H,8-10,20H2;1-22H;1-6,11H;/q;;;+1/i;1D,2D,3D,12D,13D;;. The van der Waals surface area contributed by atoms with Gasteiger partial charge in [0.05, 0.1) is 18.2 Å². The van der Waals surface area contributed by atoms with Crippen molar-refractivity contribution in [2.75, 3.05) is 0 Å². The van der Waals surface area contributed by atoms with E-state index in [0.717, 1.165) is 91.6 Å². The largest absolute Gasteiger partial charge is 1.00 e. The molecule has 16 aromatic carbocycles. The van der Waals surface area contributed by atoms with Gasteiger partial charge < -0.3 is 5.11 Å². The SMILES string of the molecule is C1=Cc2c(nc(-c3ccc(-c4ccc5c(-c6ccc7ccccc7c6)c6c(c(-c7ccc8ccccc8c7)c5c4)=CCCC=6)cc3)n2-c2ccccc2)CC1.[2H]c1c([2H])c([2H])c(-c2c3ccccc3c(-c3cc4ccccc4c4ccccc34)c3ccccc23)c([2H])c1[2H].[Li+].[O-]c1cccc2ccc[nH+]c12. The van der Waals surface area contributed by atoms with E-state index in [4.69, 9.17) is 11.8 Å². The van der Waals surface area contributed by atoms with Crippen molar-refractivity contribution >= 4 is 105 Å². The van der Waals surface area contributed by atoms with Gasteiger partial charge in [0, 0.05) is 22.7 Å². The molecule has 0 spiro atoms. The number of para-hydroxylation sites is 2. The van der Waals surface area contributed by atoms with Crippen molar-refractivity contribution in [1.29, 1.82) is 0 Å². The topological polar surface area (TPSA) is 55.0 Å². The molecule has 0 radical (unpaired) electrons. The van der Waals surface area contributed by atoms with Gasteiger partial charge in [-0.15, -0.1) is 0 Å². The molecule has 2 aromatic heterocycles. The first-order chi connectivity index (χ1) is 51.6. The second-order valence-electron chi connectivity index (χ2n) is 25.8. The average molecular weight is 1290 g/mol. The number of imidazole rings is 1. The molecule has 2 aliphatic rings. The van der Waals surface area contributed by atoms with Crippen molar-refractivity contribution in [2.24, 2.45) is 0 Å². The molecule has 0 bridgehead atoms. The number of aromatic amines is 1. The Morgan fingerprint density at radius 1 is 0.366 bits per heavy atom. The molecule has 18 aromatic rings. The van der Waals surface area contributed by atoms with Gasteiger partial charge in [0.1, 0.15) is 5.82 Å². The molecule has 20 rings (SSSR count). The summed E-state index contributed by atoms with van der Waals surface area (Å²) in [7, 11) is 0. The molecule has 101 heavy (non-hydrogen) atoms. The van der Waals surface area contributed by atoms with Gasteiger partial charge in [-0.1, -0.05) is 285 Å². The predicted molar refractivity (Wildman–Crippen MR) is 420 cm³/mol. The van der Waals surface area contributed by atoms with E-state index in [9.17, 15) is 5.11 Å². The molecule has 0 aliphatic heterocycles. The smallest absolute Gasteiger partial charge is 0.868 e. The third-order valence-corrected chi connectivity index (χ3v) is 20.0. The number of aromatic nitrogens is 3. The Balaban J connectivity index is 0.000000140. The van der Waals surface area contributed by atoms with Crippen LogP contribution in [0.5, 0.6) is 5.75 Å². The van der Waals surface area contributed by atoms with E-state index >= 15 is 0 Å². The van der Waals surface area contributed by atoms with E-state index in [0.29, 0.717) is 11.1 Å². The quantitative estimate of drug-likeness (QED) is 0.0907. The van der Waals surface area contributed by atoms with E-state index in [1.807, 2.05) is 54.6 Å². The first-order valence-corrected chi connectivity index (χ1v) is 34.3. The molecule has 4 nitrogen and oxygen atoms in total. The van der Waals surface area contributed by atoms with E-state index in [2.05, 4.69) is 258 Å². The zero-order valence-corrected chi connectivity index (χ0v) is 55.7. The van der Waals surface area contributed by atoms with E-state index in [-0.39, 0.29) is 60.4 Å². The second kappa shape index (κ2) is 26.9. The monoisotopic (exact) mass is 1290 g/mol. The Morgan fingerprint density at radius 2 is 0.881 bits per heavy atom. The third-order valence-electron chi connectivity index (χ3n) is 20.0. The number of allylic oxidation sites excluding steroid dienone is 1. The van der Waals surface area contributed by atoms with Gasteiger partial charge >= 0.3 is 18.9 Å². The van der Waals surface area contributed by atoms with Crippen LogP contribution in [0.2, 0.25) is 0 Å². The van der Waals surface area contributed by atoms with Crippen LogP contribution in [-0.2, 0) is 6.42 Å². The first-order valence-electron chi connectivity index (χ1n) is 36.8. The number of pyridine rings is 1. The maximum atomic E-state index is 11.1. The molecular weight excluding hydrogens is 1220 g/mol. The number of hydrogen-bond donors (Lipinski definition) is 0. The van der Waals surface area contributed by atoms with E-state index in [1.165, 1.54) is 98.3 Å². The summed E-state index contributed by atoms with van der Waals surface area (Å²) in [6, 6.07) is 101. The van der Waals surface area contributed by atoms with Crippen molar-refractivity contribution in [3.63, 3.8) is 0 Å². The van der Waals surface area contributed by atoms with E-state index in [1.54, 1.807) is 18.3 Å². The molecule has 5 heteroatoms. The van der Waals surface area contributed by atoms with Crippen molar-refractivity contribution in [2.45, 2.75) is 25.7 Å². The number of nitrogens with one attached hydrogen (secondary N) is 1. The fourth-order valence-electron chi connectivity index (χ4n) is 15.4. The molecule has 0 amide bonds. The van der Waals surface area contributed by atoms with Crippen molar-refractivity contribution < 1.29 is 35.8 Å². The molecule has 0 atom stereocenters. The van der Waals surface area contributed by atoms with E-state index < -0.39 is 0 Å². The van der Waals surface area contributed by atoms with Crippen LogP contribution in [0.1, 0.15) is 37.5 Å². The summed E-state index contributed by atoms with van der Waals surface area (Å²) >= 11 is 0. The molecule has 2 heterocycles. The van der Waals surface area contributed by atoms with Gasteiger partial charge in [0.25, 0.3) is 0 Å². The maximum Gasteiger partial charge on any atom is 1.00 e. The maximum absolute atomic E-state index is 11.1. The predicted octanol–water partition coefficient (Wildman–Crippen LogP) is 19.7. The number of aryl methyl sites for hydroxylation is 1. The Hall–Kier alpha value is -12.2. The number of benzene rings is 16. The van der Waals surface area contributed by atoms with Crippen molar-refractivity contribution in [3.8, 4) is 78.5 Å². The Morgan fingerprint density at radius 3 is 1.53 bits per heavy atom. The van der Waals surface area contributed by atoms with Crippen LogP contribution in [0.15, 0.2) is 334 Å². The van der Waals surface area contributed by atoms with Crippen LogP contribution in [0, 0.1) is 0 Å². The third kappa shape index (κ3) is 11.4. The Labute approximate surface area is 605 Å². The summed E-state index contributed by atoms with van der Waals surface area (Å²) in [4.78, 5) is 8.12. The molecule has 2 aliphatic carbocycles. The minimum atomic E-state index is -0.387. The number of H-pyrrole nitrogens is 1. The summed E-state index contributed by atoms with van der Waals surface area (Å²) in [6.07, 6.45) is 15.3. The molecule has 0 saturated carbocycles. The summed E-state index contributed by atoms with van der Waals surface area (Å²) in [5.41, 5.74) is 15.9. The molecule has 0 saturated heterocycles. The molecule has 1 N–H and O–H groups in total. The average Bonchev–Trinajstić information content (AvgIpc) is 0.855. The van der Waals surface area contributed by atoms with Crippen LogP contribution >= 0.6 is 0 Å². The first kappa shape index (κ1) is 56.8. The van der Waals surface area contributed by atoms with Gasteiger partial charge in [-0.2, -0.15) is 0 Å². The van der Waals surface area contributed by atoms with Gasteiger partial charge in [0.15, 0.2) is 6.20 Å². The fraction of sp³-hybridized carbons (Fsp3) is 0.0417. The molecule has 472 valence electrons. The number of fused-ring (bicyclic) bond motifs is 11. The van der Waals surface area contributed by atoms with Crippen LogP contribution in [0.4, 0.5) is 0 Å². The van der Waals surface area contributed by atoms with Crippen molar-refractivity contribution in [1.82, 2.24) is 9.55 Å². The molecule has 0 unspecified atom stereocenters. The zero-order valence-electron chi connectivity index (χ0n) is 60.7. The van der Waals surface area contributed by atoms with Gasteiger partial charge in [-0.05, 0) is 228 Å². The second-order valence-corrected chi connectivity index (χ2v) is 25.8. The summed E-state index contributed by atoms with van der Waals surface area (Å²) in [5, 5.41) is 30.7. The fourth-order valence-corrected chi connectivity index (χ4v) is 15.4. The van der Waals surface area contributed by atoms with Gasteiger partial charge in [0.2, 0.25) is 5.52 Å². The van der Waals surface area contributed by atoms with Crippen molar-refractivity contribution in [3.05, 3.63) is 355 Å². The Kier molecular flexibility index (Phi) is 15.1. The van der Waals surface area contributed by atoms with Gasteiger partial charge in [-0.3, -0.25) is 4.57 Å².